The molecule has 0 radical (unpaired) electrons. The molecule has 1 aliphatic carbocycles. The maximum absolute atomic E-state index is 12.5. The molecule has 0 saturated heterocycles. The molecule has 0 aromatic carbocycles. The largest absolute Gasteiger partial charge is 0.391 e. The Balaban J connectivity index is 2.49. The zero-order chi connectivity index (χ0) is 13.1. The highest BCUT2D eigenvalue weighted by atomic mass is 19.4. The van der Waals surface area contributed by atoms with Crippen molar-refractivity contribution in [3.8, 4) is 0 Å². The molecular weight excluding hydrogens is 239 g/mol. The van der Waals surface area contributed by atoms with E-state index in [0.29, 0.717) is 12.8 Å². The first-order valence-corrected chi connectivity index (χ1v) is 5.22. The summed E-state index contributed by atoms with van der Waals surface area (Å²) >= 11 is 0. The lowest BCUT2D eigenvalue weighted by atomic mass is 9.80. The van der Waals surface area contributed by atoms with E-state index in [9.17, 15) is 22.8 Å². The van der Waals surface area contributed by atoms with E-state index in [1.807, 2.05) is 10.9 Å². The van der Waals surface area contributed by atoms with Crippen molar-refractivity contribution in [3.05, 3.63) is 0 Å². The third-order valence-corrected chi connectivity index (χ3v) is 2.82. The normalized spacial score (nSPS) is 25.1. The van der Waals surface area contributed by atoms with Gasteiger partial charge in [0.05, 0.1) is 5.92 Å². The van der Waals surface area contributed by atoms with Gasteiger partial charge in [-0.1, -0.05) is 6.42 Å². The van der Waals surface area contributed by atoms with Crippen LogP contribution in [0.2, 0.25) is 0 Å². The maximum Gasteiger partial charge on any atom is 0.391 e. The topological polar surface area (TPSA) is 84.2 Å². The number of hydrazine groups is 1. The van der Waals surface area contributed by atoms with Gasteiger partial charge in [-0.15, -0.1) is 0 Å². The van der Waals surface area contributed by atoms with Crippen LogP contribution in [0.15, 0.2) is 0 Å². The van der Waals surface area contributed by atoms with E-state index in [-0.39, 0.29) is 12.8 Å². The van der Waals surface area contributed by atoms with Crippen molar-refractivity contribution < 1.29 is 22.8 Å². The second kappa shape index (κ2) is 5.24. The number of halogens is 3. The molecule has 17 heavy (non-hydrogen) atoms. The molecule has 0 heterocycles. The first-order chi connectivity index (χ1) is 7.80. The van der Waals surface area contributed by atoms with E-state index in [0.717, 1.165) is 0 Å². The zero-order valence-corrected chi connectivity index (χ0v) is 9.01. The number of rotatable bonds is 1. The van der Waals surface area contributed by atoms with Crippen LogP contribution in [-0.2, 0) is 4.79 Å². The van der Waals surface area contributed by atoms with Crippen molar-refractivity contribution in [3.63, 3.8) is 0 Å². The lowest BCUT2D eigenvalue weighted by molar-refractivity contribution is -0.186. The smallest absolute Gasteiger partial charge is 0.350 e. The van der Waals surface area contributed by atoms with Crippen LogP contribution < -0.4 is 16.6 Å². The zero-order valence-electron chi connectivity index (χ0n) is 9.01. The fraction of sp³-hybridized carbons (Fsp3) is 0.778. The molecule has 5 nitrogen and oxygen atoms in total. The van der Waals surface area contributed by atoms with Crippen molar-refractivity contribution >= 4 is 11.9 Å². The highest BCUT2D eigenvalue weighted by Crippen LogP contribution is 2.39. The van der Waals surface area contributed by atoms with E-state index >= 15 is 0 Å². The van der Waals surface area contributed by atoms with Crippen molar-refractivity contribution in [2.75, 3.05) is 0 Å². The minimum Gasteiger partial charge on any atom is -0.350 e. The molecule has 8 heteroatoms. The first kappa shape index (κ1) is 13.6. The third kappa shape index (κ3) is 4.12. The van der Waals surface area contributed by atoms with Gasteiger partial charge in [0.2, 0.25) is 5.91 Å². The Morgan fingerprint density at radius 1 is 1.18 bits per heavy atom. The summed E-state index contributed by atoms with van der Waals surface area (Å²) in [5.74, 6) is -2.81. The number of nitrogens with one attached hydrogen (secondary N) is 2. The van der Waals surface area contributed by atoms with Crippen LogP contribution in [0.4, 0.5) is 18.0 Å². The maximum atomic E-state index is 12.5. The number of nitrogens with two attached hydrogens (primary N) is 1. The monoisotopic (exact) mass is 253 g/mol. The van der Waals surface area contributed by atoms with Crippen LogP contribution in [0.3, 0.4) is 0 Å². The van der Waals surface area contributed by atoms with Gasteiger partial charge < -0.3 is 5.73 Å². The van der Waals surface area contributed by atoms with Gasteiger partial charge in [0.1, 0.15) is 0 Å². The van der Waals surface area contributed by atoms with E-state index < -0.39 is 30.0 Å². The Morgan fingerprint density at radius 3 is 2.35 bits per heavy atom. The van der Waals surface area contributed by atoms with E-state index in [1.165, 1.54) is 0 Å². The van der Waals surface area contributed by atoms with Crippen LogP contribution in [0.5, 0.6) is 0 Å². The second-order valence-corrected chi connectivity index (χ2v) is 4.08. The summed E-state index contributed by atoms with van der Waals surface area (Å²) in [5.41, 5.74) is 8.57. The lowest BCUT2D eigenvalue weighted by Gasteiger charge is -2.29. The molecule has 98 valence electrons. The number of carbonyl (C=O) groups excluding carboxylic acids is 2. The van der Waals surface area contributed by atoms with Gasteiger partial charge in [0.25, 0.3) is 0 Å². The quantitative estimate of drug-likeness (QED) is 0.610. The summed E-state index contributed by atoms with van der Waals surface area (Å²) in [6.45, 7) is 0. The third-order valence-electron chi connectivity index (χ3n) is 2.82. The predicted molar refractivity (Wildman–Crippen MR) is 52.4 cm³/mol. The van der Waals surface area contributed by atoms with Crippen molar-refractivity contribution in [2.24, 2.45) is 17.6 Å². The Kier molecular flexibility index (Phi) is 4.19. The van der Waals surface area contributed by atoms with E-state index in [2.05, 4.69) is 0 Å². The van der Waals surface area contributed by atoms with Crippen LogP contribution in [0.1, 0.15) is 25.7 Å². The van der Waals surface area contributed by atoms with Crippen LogP contribution >= 0.6 is 0 Å². The van der Waals surface area contributed by atoms with Crippen molar-refractivity contribution in [2.45, 2.75) is 31.9 Å². The number of amides is 3. The molecule has 0 spiro atoms. The summed E-state index contributed by atoms with van der Waals surface area (Å²) in [5, 5.41) is 0. The molecule has 2 unspecified atom stereocenters. The highest BCUT2D eigenvalue weighted by molar-refractivity contribution is 5.82. The molecule has 0 bridgehead atoms. The number of carbonyl (C=O) groups is 2. The number of hydrogen-bond donors (Lipinski definition) is 3. The average Bonchev–Trinajstić information content (AvgIpc) is 2.25. The Labute approximate surface area is 95.9 Å². The second-order valence-electron chi connectivity index (χ2n) is 4.08. The molecule has 1 saturated carbocycles. The fourth-order valence-electron chi connectivity index (χ4n) is 1.95. The highest BCUT2D eigenvalue weighted by Gasteiger charge is 2.43. The van der Waals surface area contributed by atoms with E-state index in [4.69, 9.17) is 5.73 Å². The predicted octanol–water partition coefficient (Wildman–Crippen LogP) is 1.05. The van der Waals surface area contributed by atoms with E-state index in [1.54, 1.807) is 0 Å². The van der Waals surface area contributed by atoms with Crippen LogP contribution in [0, 0.1) is 11.8 Å². The Bertz CT molecular complexity index is 306. The minimum absolute atomic E-state index is 0.0521. The molecule has 2 atom stereocenters. The van der Waals surface area contributed by atoms with Crippen molar-refractivity contribution in [1.82, 2.24) is 10.9 Å². The van der Waals surface area contributed by atoms with Gasteiger partial charge in [-0.05, 0) is 19.3 Å². The van der Waals surface area contributed by atoms with Crippen LogP contribution in [0.25, 0.3) is 0 Å². The van der Waals surface area contributed by atoms with Crippen molar-refractivity contribution in [1.29, 1.82) is 0 Å². The summed E-state index contributed by atoms with van der Waals surface area (Å²) in [6, 6.07) is -0.957. The van der Waals surface area contributed by atoms with Gasteiger partial charge in [-0.3, -0.25) is 10.2 Å². The first-order valence-electron chi connectivity index (χ1n) is 5.22. The molecular formula is C9H14F3N3O2. The van der Waals surface area contributed by atoms with Gasteiger partial charge in [-0.25, -0.2) is 10.2 Å². The lowest BCUT2D eigenvalue weighted by Crippen LogP contribution is -2.48. The number of hydrogen-bond acceptors (Lipinski definition) is 2. The average molecular weight is 253 g/mol. The molecule has 0 aliphatic heterocycles. The summed E-state index contributed by atoms with van der Waals surface area (Å²) < 4.78 is 37.4. The molecule has 1 fully saturated rings. The minimum atomic E-state index is -4.27. The number of alkyl halides is 3. The molecule has 1 aliphatic rings. The van der Waals surface area contributed by atoms with Gasteiger partial charge >= 0.3 is 12.2 Å². The summed E-state index contributed by atoms with van der Waals surface area (Å²) in [6.07, 6.45) is -3.72. The molecule has 3 amide bonds. The molecule has 1 rings (SSSR count). The standard InChI is InChI=1S/C9H14F3N3O2/c10-9(11,12)6-3-1-2-5(4-6)7(16)14-15-8(13)17/h5-6H,1-4H2,(H,14,16)(H3,13,15,17). The van der Waals surface area contributed by atoms with Crippen LogP contribution in [-0.4, -0.2) is 18.1 Å². The Hall–Kier alpha value is -1.47. The Morgan fingerprint density at radius 2 is 1.82 bits per heavy atom. The number of urea groups is 1. The van der Waals surface area contributed by atoms with Gasteiger partial charge in [-0.2, -0.15) is 13.2 Å². The van der Waals surface area contributed by atoms with Gasteiger partial charge in [0, 0.05) is 5.92 Å². The SMILES string of the molecule is NC(=O)NNC(=O)C1CCCC(C(F)(F)F)C1. The fourth-order valence-corrected chi connectivity index (χ4v) is 1.95. The molecule has 4 N–H and O–H groups in total. The summed E-state index contributed by atoms with van der Waals surface area (Å²) in [4.78, 5) is 21.8. The number of primary amides is 1. The molecule has 0 aromatic heterocycles. The molecule has 0 aromatic rings. The van der Waals surface area contributed by atoms with Gasteiger partial charge in [0.15, 0.2) is 0 Å². The summed E-state index contributed by atoms with van der Waals surface area (Å²) in [7, 11) is 0.